The normalized spacial score (nSPS) is 42.8. The Morgan fingerprint density at radius 2 is 2.16 bits per heavy atom. The van der Waals surface area contributed by atoms with Crippen LogP contribution in [0, 0.1) is 11.8 Å². The van der Waals surface area contributed by atoms with Gasteiger partial charge in [0, 0.05) is 18.4 Å². The van der Waals surface area contributed by atoms with Gasteiger partial charge in [-0.2, -0.15) is 0 Å². The Kier molecular flexibility index (Phi) is 4.54. The summed E-state index contributed by atoms with van der Waals surface area (Å²) in [5.74, 6) is -1.56. The van der Waals surface area contributed by atoms with E-state index in [1.165, 1.54) is 0 Å². The van der Waals surface area contributed by atoms with Crippen molar-refractivity contribution in [3.8, 4) is 0 Å². The molecular formula is C19H26O6. The monoisotopic (exact) mass is 350 g/mol. The van der Waals surface area contributed by atoms with E-state index >= 15 is 0 Å². The molecule has 0 bridgehead atoms. The van der Waals surface area contributed by atoms with Crippen molar-refractivity contribution in [3.05, 3.63) is 23.8 Å². The summed E-state index contributed by atoms with van der Waals surface area (Å²) < 4.78 is 17.0. The molecule has 0 radical (unpaired) electrons. The van der Waals surface area contributed by atoms with Crippen LogP contribution >= 0.6 is 0 Å². The van der Waals surface area contributed by atoms with Gasteiger partial charge in [-0.25, -0.2) is 4.79 Å². The van der Waals surface area contributed by atoms with E-state index in [4.69, 9.17) is 14.2 Å². The zero-order valence-corrected chi connectivity index (χ0v) is 15.2. The highest BCUT2D eigenvalue weighted by Gasteiger charge is 2.57. The van der Waals surface area contributed by atoms with Gasteiger partial charge in [0.25, 0.3) is 0 Å². The van der Waals surface area contributed by atoms with E-state index in [0.717, 1.165) is 0 Å². The summed E-state index contributed by atoms with van der Waals surface area (Å²) in [7, 11) is 0. The van der Waals surface area contributed by atoms with E-state index in [1.807, 2.05) is 6.92 Å². The molecule has 0 amide bonds. The highest BCUT2D eigenvalue weighted by atomic mass is 16.6. The van der Waals surface area contributed by atoms with Crippen LogP contribution in [0.5, 0.6) is 0 Å². The van der Waals surface area contributed by atoms with Crippen LogP contribution in [0.2, 0.25) is 0 Å². The Morgan fingerprint density at radius 3 is 2.80 bits per heavy atom. The smallest absolute Gasteiger partial charge is 0.334 e. The molecule has 138 valence electrons. The largest absolute Gasteiger partial charge is 0.461 e. The van der Waals surface area contributed by atoms with Crippen LogP contribution in [0.15, 0.2) is 23.8 Å². The first-order valence-corrected chi connectivity index (χ1v) is 8.77. The van der Waals surface area contributed by atoms with Crippen LogP contribution in [0.1, 0.15) is 40.5 Å². The second kappa shape index (κ2) is 6.25. The molecule has 25 heavy (non-hydrogen) atoms. The third kappa shape index (κ3) is 3.37. The molecule has 0 unspecified atom stereocenters. The second-order valence-electron chi connectivity index (χ2n) is 7.84. The molecule has 2 heterocycles. The number of aliphatic hydroxyl groups is 1. The highest BCUT2D eigenvalue weighted by molar-refractivity contribution is 5.91. The first-order chi connectivity index (χ1) is 11.6. The fourth-order valence-corrected chi connectivity index (χ4v) is 3.63. The highest BCUT2D eigenvalue weighted by Crippen LogP contribution is 2.47. The molecule has 2 fully saturated rings. The minimum Gasteiger partial charge on any atom is -0.461 e. The van der Waals surface area contributed by atoms with Gasteiger partial charge >= 0.3 is 11.9 Å². The Morgan fingerprint density at radius 1 is 1.48 bits per heavy atom. The van der Waals surface area contributed by atoms with Gasteiger partial charge in [-0.1, -0.05) is 20.4 Å². The lowest BCUT2D eigenvalue weighted by atomic mass is 9.82. The SMILES string of the molecule is C=C1C(=O)O[C@@H]2/C=C(/C)[C@@H](O)C[C@@H]3O[C@@]3(C)C[C@@H](OC(=O)C(C)C)[C@@H]12. The quantitative estimate of drug-likeness (QED) is 0.354. The summed E-state index contributed by atoms with van der Waals surface area (Å²) in [5.41, 5.74) is 0.523. The number of esters is 2. The summed E-state index contributed by atoms with van der Waals surface area (Å²) in [6.07, 6.45) is 0.727. The van der Waals surface area contributed by atoms with Gasteiger partial charge in [0.1, 0.15) is 12.2 Å². The topological polar surface area (TPSA) is 85.4 Å². The zero-order valence-electron chi connectivity index (χ0n) is 15.2. The average molecular weight is 350 g/mol. The lowest BCUT2D eigenvalue weighted by Crippen LogP contribution is -2.38. The first kappa shape index (κ1) is 18.1. The molecule has 2 saturated heterocycles. The van der Waals surface area contributed by atoms with Crippen LogP contribution in [-0.2, 0) is 23.8 Å². The van der Waals surface area contributed by atoms with Crippen LogP contribution in [-0.4, -0.2) is 47.1 Å². The third-order valence-electron chi connectivity index (χ3n) is 5.43. The minimum atomic E-state index is -0.658. The number of rotatable bonds is 2. The fourth-order valence-electron chi connectivity index (χ4n) is 3.63. The molecule has 3 aliphatic rings. The number of epoxide rings is 1. The van der Waals surface area contributed by atoms with Crippen molar-refractivity contribution in [2.45, 2.75) is 70.6 Å². The maximum absolute atomic E-state index is 12.2. The van der Waals surface area contributed by atoms with Gasteiger partial charge in [-0.15, -0.1) is 0 Å². The number of aliphatic hydroxyl groups excluding tert-OH is 1. The summed E-state index contributed by atoms with van der Waals surface area (Å²) in [6, 6.07) is 0. The molecule has 2 aliphatic heterocycles. The summed E-state index contributed by atoms with van der Waals surface area (Å²) in [5, 5.41) is 10.4. The fraction of sp³-hybridized carbons (Fsp3) is 0.684. The molecule has 0 saturated carbocycles. The van der Waals surface area contributed by atoms with Crippen molar-refractivity contribution in [2.75, 3.05) is 0 Å². The predicted octanol–water partition coefficient (Wildman–Crippen LogP) is 1.91. The van der Waals surface area contributed by atoms with Crippen LogP contribution in [0.25, 0.3) is 0 Å². The third-order valence-corrected chi connectivity index (χ3v) is 5.43. The van der Waals surface area contributed by atoms with Gasteiger partial charge in [0.15, 0.2) is 0 Å². The van der Waals surface area contributed by atoms with Crippen molar-refractivity contribution in [1.82, 2.24) is 0 Å². The predicted molar refractivity (Wildman–Crippen MR) is 89.5 cm³/mol. The number of carbonyl (C=O) groups is 2. The lowest BCUT2D eigenvalue weighted by molar-refractivity contribution is -0.157. The average Bonchev–Trinajstić information content (AvgIpc) is 3.04. The summed E-state index contributed by atoms with van der Waals surface area (Å²) in [6.45, 7) is 11.1. The van der Waals surface area contributed by atoms with E-state index in [1.54, 1.807) is 26.8 Å². The number of fused-ring (bicyclic) bond motifs is 2. The maximum atomic E-state index is 12.2. The van der Waals surface area contributed by atoms with Crippen LogP contribution in [0.4, 0.5) is 0 Å². The first-order valence-electron chi connectivity index (χ1n) is 8.77. The zero-order chi connectivity index (χ0) is 18.5. The number of carbonyl (C=O) groups excluding carboxylic acids is 2. The molecular weight excluding hydrogens is 324 g/mol. The Bertz CT molecular complexity index is 636. The molecule has 3 rings (SSSR count). The van der Waals surface area contributed by atoms with E-state index in [0.29, 0.717) is 24.0 Å². The standard InChI is InChI=1S/C19H26O6/c1-9(2)17(21)24-14-8-19(5)15(25-19)7-12(20)10(3)6-13-16(14)11(4)18(22)23-13/h6,9,12-16,20H,4,7-8H2,1-3,5H3/b10-6-/t12-,13+,14+,15-,16-,19-/m0/s1. The van der Waals surface area contributed by atoms with E-state index in [9.17, 15) is 14.7 Å². The molecule has 1 aliphatic carbocycles. The Labute approximate surface area is 147 Å². The van der Waals surface area contributed by atoms with Crippen molar-refractivity contribution in [2.24, 2.45) is 11.8 Å². The maximum Gasteiger partial charge on any atom is 0.334 e. The van der Waals surface area contributed by atoms with Crippen molar-refractivity contribution < 1.29 is 28.9 Å². The molecule has 0 spiro atoms. The lowest BCUT2D eigenvalue weighted by Gasteiger charge is -2.29. The molecule has 1 N–H and O–H groups in total. The Balaban J connectivity index is 1.97. The molecule has 0 aromatic carbocycles. The number of hydrogen-bond acceptors (Lipinski definition) is 6. The van der Waals surface area contributed by atoms with Gasteiger partial charge < -0.3 is 19.3 Å². The Hall–Kier alpha value is -1.66. The van der Waals surface area contributed by atoms with Gasteiger partial charge in [0.2, 0.25) is 0 Å². The van der Waals surface area contributed by atoms with Crippen molar-refractivity contribution in [1.29, 1.82) is 0 Å². The molecule has 6 nitrogen and oxygen atoms in total. The number of ether oxygens (including phenoxy) is 3. The van der Waals surface area contributed by atoms with E-state index in [-0.39, 0.29) is 18.0 Å². The van der Waals surface area contributed by atoms with Crippen LogP contribution < -0.4 is 0 Å². The number of hydrogen-bond donors (Lipinski definition) is 1. The van der Waals surface area contributed by atoms with E-state index < -0.39 is 35.8 Å². The van der Waals surface area contributed by atoms with E-state index in [2.05, 4.69) is 6.58 Å². The van der Waals surface area contributed by atoms with Crippen molar-refractivity contribution >= 4 is 11.9 Å². The van der Waals surface area contributed by atoms with Crippen LogP contribution in [0.3, 0.4) is 0 Å². The minimum absolute atomic E-state index is 0.103. The van der Waals surface area contributed by atoms with Gasteiger partial charge in [0.05, 0.1) is 29.6 Å². The second-order valence-corrected chi connectivity index (χ2v) is 7.84. The van der Waals surface area contributed by atoms with Gasteiger partial charge in [-0.3, -0.25) is 4.79 Å². The molecule has 6 atom stereocenters. The molecule has 0 aromatic heterocycles. The molecule has 0 aromatic rings. The summed E-state index contributed by atoms with van der Waals surface area (Å²) in [4.78, 5) is 24.3. The summed E-state index contributed by atoms with van der Waals surface area (Å²) >= 11 is 0. The van der Waals surface area contributed by atoms with Crippen molar-refractivity contribution in [3.63, 3.8) is 0 Å². The molecule has 6 heteroatoms. The van der Waals surface area contributed by atoms with Gasteiger partial charge in [-0.05, 0) is 25.5 Å².